The normalized spacial score (nSPS) is 42.3. The molecule has 0 amide bonds. The summed E-state index contributed by atoms with van der Waals surface area (Å²) in [7, 11) is -0.892. The molecule has 0 aromatic heterocycles. The van der Waals surface area contributed by atoms with E-state index in [4.69, 9.17) is 4.74 Å². The molecule has 0 bridgehead atoms. The maximum atomic E-state index is 13.1. The number of hydrogen-bond donors (Lipinski definition) is 1. The lowest BCUT2D eigenvalue weighted by atomic mass is 9.48. The number of ketones is 1. The predicted octanol–water partition coefficient (Wildman–Crippen LogP) is 5.08. The molecule has 4 aliphatic rings. The fourth-order valence-corrected chi connectivity index (χ4v) is 9.44. The minimum absolute atomic E-state index is 0.282. The Kier molecular flexibility index (Phi) is 5.51. The van der Waals surface area contributed by atoms with E-state index in [1.807, 2.05) is 6.92 Å². The molecule has 0 spiro atoms. The monoisotopic (exact) mass is 420 g/mol. The third-order valence-corrected chi connectivity index (χ3v) is 9.69. The summed E-state index contributed by atoms with van der Waals surface area (Å²) in [6.07, 6.45) is 18.0. The molecular weight excluding hydrogens is 380 g/mol. The van der Waals surface area contributed by atoms with Crippen LogP contribution < -0.4 is 0 Å². The van der Waals surface area contributed by atoms with E-state index in [2.05, 4.69) is 37.8 Å². The average Bonchev–Trinajstić information content (AvgIpc) is 2.96. The van der Waals surface area contributed by atoms with Crippen molar-refractivity contribution < 1.29 is 14.6 Å². The Morgan fingerprint density at radius 1 is 1.21 bits per heavy atom. The first kappa shape index (κ1) is 21.5. The second-order valence-corrected chi connectivity index (χ2v) is 15.4. The van der Waals surface area contributed by atoms with E-state index in [0.29, 0.717) is 30.0 Å². The van der Waals surface area contributed by atoms with Gasteiger partial charge in [-0.05, 0) is 93.1 Å². The van der Waals surface area contributed by atoms with Crippen LogP contribution in [-0.2, 0) is 9.53 Å². The van der Waals surface area contributed by atoms with E-state index in [-0.39, 0.29) is 11.3 Å². The second kappa shape index (κ2) is 7.44. The lowest BCUT2D eigenvalue weighted by molar-refractivity contribution is -0.163. The molecule has 0 aromatic carbocycles. The number of allylic oxidation sites excluding steroid dienone is 4. The van der Waals surface area contributed by atoms with E-state index in [0.717, 1.165) is 56.6 Å². The molecule has 6 atom stereocenters. The molecule has 2 fully saturated rings. The number of rotatable bonds is 5. The van der Waals surface area contributed by atoms with Crippen LogP contribution in [0.4, 0.5) is 0 Å². The molecule has 1 N–H and O–H groups in total. The van der Waals surface area contributed by atoms with Crippen molar-refractivity contribution in [3.05, 3.63) is 23.5 Å². The van der Waals surface area contributed by atoms with E-state index >= 15 is 0 Å². The first-order chi connectivity index (χ1) is 13.6. The quantitative estimate of drug-likeness (QED) is 0.674. The van der Waals surface area contributed by atoms with Crippen LogP contribution in [0.5, 0.6) is 0 Å². The number of Topliss-reactive ketones (excluding diaryl/α,β-unsaturated/α-hetero) is 1. The zero-order valence-electron chi connectivity index (χ0n) is 19.0. The van der Waals surface area contributed by atoms with Crippen LogP contribution in [0, 0.1) is 29.1 Å². The average molecular weight is 421 g/mol. The van der Waals surface area contributed by atoms with Crippen LogP contribution >= 0.6 is 10.0 Å². The molecule has 3 nitrogen and oxygen atoms in total. The fraction of sp³-hybridized carbons (Fsp3) is 0.800. The predicted molar refractivity (Wildman–Crippen MR) is 122 cm³/mol. The highest BCUT2D eigenvalue weighted by atomic mass is 32.3. The maximum absolute atomic E-state index is 13.1. The van der Waals surface area contributed by atoms with Crippen molar-refractivity contribution >= 4 is 15.8 Å². The van der Waals surface area contributed by atoms with Gasteiger partial charge < -0.3 is 9.84 Å². The van der Waals surface area contributed by atoms with Crippen molar-refractivity contribution in [2.45, 2.75) is 64.4 Å². The Morgan fingerprint density at radius 2 is 1.97 bits per heavy atom. The Hall–Kier alpha value is -0.740. The first-order valence-electron chi connectivity index (χ1n) is 11.6. The Bertz CT molecular complexity index is 733. The summed E-state index contributed by atoms with van der Waals surface area (Å²) in [6.45, 7) is 4.95. The number of carbonyl (C=O) groups excluding carboxylic acids is 1. The van der Waals surface area contributed by atoms with Crippen LogP contribution in [0.2, 0.25) is 0 Å². The molecular formula is C25H40O3S. The number of carbonyl (C=O) groups is 1. The molecule has 0 heterocycles. The zero-order valence-corrected chi connectivity index (χ0v) is 19.8. The van der Waals surface area contributed by atoms with Gasteiger partial charge in [-0.15, -0.1) is 0 Å². The van der Waals surface area contributed by atoms with E-state index in [1.165, 1.54) is 5.57 Å². The van der Waals surface area contributed by atoms with Gasteiger partial charge in [-0.1, -0.05) is 13.0 Å². The largest absolute Gasteiger partial charge is 0.498 e. The first-order valence-corrected chi connectivity index (χ1v) is 14.6. The Balaban J connectivity index is 1.78. The van der Waals surface area contributed by atoms with Gasteiger partial charge in [0.2, 0.25) is 0 Å². The minimum atomic E-state index is -0.892. The van der Waals surface area contributed by atoms with E-state index < -0.39 is 15.6 Å². The van der Waals surface area contributed by atoms with Gasteiger partial charge in [0.05, 0.1) is 18.0 Å². The standard InChI is InChI=1S/C25H40O3S/c1-6-24-15-25(27,16-29(3,4)5)23-19-11-9-18(28-7-2)14-17(19)8-10-20(23)21(24)12-13-22(24)26/h8,14,19-21,23,27H,6-7,9-13,15-16H2,1-5H3. The van der Waals surface area contributed by atoms with Gasteiger partial charge >= 0.3 is 0 Å². The summed E-state index contributed by atoms with van der Waals surface area (Å²) < 4.78 is 5.83. The second-order valence-electron chi connectivity index (χ2n) is 10.9. The van der Waals surface area contributed by atoms with Gasteiger partial charge in [-0.25, -0.2) is 10.0 Å². The summed E-state index contributed by atoms with van der Waals surface area (Å²) in [4.78, 5) is 13.1. The van der Waals surface area contributed by atoms with Crippen molar-refractivity contribution in [1.82, 2.24) is 0 Å². The topological polar surface area (TPSA) is 46.5 Å². The van der Waals surface area contributed by atoms with Gasteiger partial charge in [0.25, 0.3) is 0 Å². The van der Waals surface area contributed by atoms with Crippen molar-refractivity contribution in [2.24, 2.45) is 29.1 Å². The number of aliphatic hydroxyl groups is 1. The van der Waals surface area contributed by atoms with Gasteiger partial charge in [-0.2, -0.15) is 0 Å². The van der Waals surface area contributed by atoms with Crippen molar-refractivity contribution in [1.29, 1.82) is 0 Å². The van der Waals surface area contributed by atoms with Crippen molar-refractivity contribution in [3.8, 4) is 0 Å². The molecule has 164 valence electrons. The lowest BCUT2D eigenvalue weighted by Gasteiger charge is -2.60. The van der Waals surface area contributed by atoms with E-state index in [9.17, 15) is 9.90 Å². The van der Waals surface area contributed by atoms with Crippen LogP contribution in [0.15, 0.2) is 23.5 Å². The summed E-state index contributed by atoms with van der Waals surface area (Å²) in [5.41, 5.74) is 0.371. The third-order valence-electron chi connectivity index (χ3n) is 8.33. The summed E-state index contributed by atoms with van der Waals surface area (Å²) in [5, 5.41) is 12.4. The third kappa shape index (κ3) is 3.52. The van der Waals surface area contributed by atoms with Gasteiger partial charge in [0, 0.05) is 24.0 Å². The molecule has 0 radical (unpaired) electrons. The highest BCUT2D eigenvalue weighted by molar-refractivity contribution is 8.32. The molecule has 0 saturated heterocycles. The summed E-state index contributed by atoms with van der Waals surface area (Å²) in [6, 6.07) is 0. The van der Waals surface area contributed by atoms with Crippen LogP contribution in [0.25, 0.3) is 0 Å². The molecule has 4 aliphatic carbocycles. The molecule has 2 saturated carbocycles. The minimum Gasteiger partial charge on any atom is -0.498 e. The van der Waals surface area contributed by atoms with Crippen LogP contribution in [0.3, 0.4) is 0 Å². The molecule has 4 heteroatoms. The van der Waals surface area contributed by atoms with Gasteiger partial charge in [0.1, 0.15) is 5.78 Å². The highest BCUT2D eigenvalue weighted by Gasteiger charge is 2.65. The molecule has 6 unspecified atom stereocenters. The molecule has 0 aromatic rings. The van der Waals surface area contributed by atoms with Gasteiger partial charge in [0.15, 0.2) is 0 Å². The molecule has 4 rings (SSSR count). The molecule has 0 aliphatic heterocycles. The SMILES string of the molecule is CCOC1=CC2=CCC3C(C2CC1)C(O)(CS(C)(C)C)CC1(CC)C(=O)CCC31. The van der Waals surface area contributed by atoms with Gasteiger partial charge in [-0.3, -0.25) is 4.79 Å². The Labute approximate surface area is 178 Å². The van der Waals surface area contributed by atoms with Crippen LogP contribution in [0.1, 0.15) is 58.8 Å². The summed E-state index contributed by atoms with van der Waals surface area (Å²) >= 11 is 0. The number of fused-ring (bicyclic) bond motifs is 5. The fourth-order valence-electron chi connectivity index (χ4n) is 7.65. The zero-order chi connectivity index (χ0) is 21.0. The molecule has 29 heavy (non-hydrogen) atoms. The lowest BCUT2D eigenvalue weighted by Crippen LogP contribution is -2.61. The Morgan fingerprint density at radius 3 is 2.62 bits per heavy atom. The maximum Gasteiger partial charge on any atom is 0.139 e. The smallest absolute Gasteiger partial charge is 0.139 e. The van der Waals surface area contributed by atoms with Crippen molar-refractivity contribution in [3.63, 3.8) is 0 Å². The van der Waals surface area contributed by atoms with Crippen molar-refractivity contribution in [2.75, 3.05) is 31.1 Å². The van der Waals surface area contributed by atoms with Crippen LogP contribution in [-0.4, -0.2) is 47.6 Å². The number of hydrogen-bond acceptors (Lipinski definition) is 3. The van der Waals surface area contributed by atoms with E-state index in [1.54, 1.807) is 0 Å². The highest BCUT2D eigenvalue weighted by Crippen LogP contribution is 2.65. The number of ether oxygens (including phenoxy) is 1. The summed E-state index contributed by atoms with van der Waals surface area (Å²) in [5.74, 6) is 3.98.